The number of carboxylic acids is 1. The van der Waals surface area contributed by atoms with Gasteiger partial charge in [-0.25, -0.2) is 4.79 Å². The molecule has 6 nitrogen and oxygen atoms in total. The average Bonchev–Trinajstić information content (AvgIpc) is 2.89. The van der Waals surface area contributed by atoms with Gasteiger partial charge in [0.25, 0.3) is 5.91 Å². The van der Waals surface area contributed by atoms with Gasteiger partial charge in [-0.05, 0) is 38.5 Å². The van der Waals surface area contributed by atoms with Crippen LogP contribution in [-0.4, -0.2) is 52.3 Å². The second-order valence-electron chi connectivity index (χ2n) is 6.36. The molecule has 1 aliphatic heterocycles. The molecule has 1 N–H and O–H groups in total. The van der Waals surface area contributed by atoms with E-state index in [4.69, 9.17) is 9.84 Å². The minimum absolute atomic E-state index is 0.0716. The number of para-hydroxylation sites is 1. The zero-order valence-electron chi connectivity index (χ0n) is 14.7. The maximum absolute atomic E-state index is 12.9. The fourth-order valence-corrected chi connectivity index (χ4v) is 3.32. The van der Waals surface area contributed by atoms with Crippen LogP contribution in [0.15, 0.2) is 30.3 Å². The Kier molecular flexibility index (Phi) is 4.63. The summed E-state index contributed by atoms with van der Waals surface area (Å²) in [4.78, 5) is 25.6. The number of carbonyl (C=O) groups is 2. The number of amides is 1. The zero-order valence-corrected chi connectivity index (χ0v) is 14.7. The van der Waals surface area contributed by atoms with Crippen LogP contribution in [0.25, 0.3) is 5.69 Å². The second kappa shape index (κ2) is 6.72. The lowest BCUT2D eigenvalue weighted by Gasteiger charge is -2.30. The van der Waals surface area contributed by atoms with Gasteiger partial charge in [-0.15, -0.1) is 0 Å². The van der Waals surface area contributed by atoms with Crippen LogP contribution in [-0.2, 0) is 9.53 Å². The summed E-state index contributed by atoms with van der Waals surface area (Å²) in [6, 6.07) is 9.89. The van der Waals surface area contributed by atoms with Crippen molar-refractivity contribution in [3.8, 4) is 5.69 Å². The van der Waals surface area contributed by atoms with Gasteiger partial charge < -0.3 is 19.3 Å². The Bertz CT molecular complexity index is 825. The topological polar surface area (TPSA) is 71.8 Å². The molecular weight excluding hydrogens is 320 g/mol. The Morgan fingerprint density at radius 2 is 1.92 bits per heavy atom. The Balaban J connectivity index is 1.94. The molecule has 25 heavy (non-hydrogen) atoms. The summed E-state index contributed by atoms with van der Waals surface area (Å²) in [5.74, 6) is -1.19. The third-order valence-corrected chi connectivity index (χ3v) is 4.65. The monoisotopic (exact) mass is 342 g/mol. The third kappa shape index (κ3) is 3.17. The number of hydrogen-bond donors (Lipinski definition) is 1. The van der Waals surface area contributed by atoms with E-state index in [1.807, 2.05) is 51.1 Å². The first-order valence-electron chi connectivity index (χ1n) is 8.28. The summed E-state index contributed by atoms with van der Waals surface area (Å²) in [5.41, 5.74) is 4.60. The molecule has 132 valence electrons. The smallest absolute Gasteiger partial charge is 0.334 e. The van der Waals surface area contributed by atoms with Crippen LogP contribution < -0.4 is 0 Å². The molecule has 1 saturated heterocycles. The minimum atomic E-state index is -1.04. The molecule has 0 bridgehead atoms. The van der Waals surface area contributed by atoms with Gasteiger partial charge in [0.2, 0.25) is 0 Å². The lowest BCUT2D eigenvalue weighted by molar-refractivity contribution is -0.154. The normalized spacial score (nSPS) is 17.6. The molecule has 0 aliphatic carbocycles. The highest BCUT2D eigenvalue weighted by Gasteiger charge is 2.31. The van der Waals surface area contributed by atoms with Gasteiger partial charge in [0, 0.05) is 23.6 Å². The first-order valence-corrected chi connectivity index (χ1v) is 8.28. The standard InChI is InChI=1S/C19H22N2O4/c1-12-6-4-5-7-16(12)21-13(2)10-15(14(21)3)18(22)20-8-9-25-17(11-20)19(23)24/h4-7,10,17H,8-9,11H2,1-3H3,(H,23,24). The van der Waals surface area contributed by atoms with Gasteiger partial charge in [-0.1, -0.05) is 18.2 Å². The predicted octanol–water partition coefficient (Wildman–Crippen LogP) is 2.33. The lowest BCUT2D eigenvalue weighted by Crippen LogP contribution is -2.48. The van der Waals surface area contributed by atoms with Crippen LogP contribution in [0.4, 0.5) is 0 Å². The highest BCUT2D eigenvalue weighted by Crippen LogP contribution is 2.24. The van der Waals surface area contributed by atoms with Crippen LogP contribution in [0.5, 0.6) is 0 Å². The van der Waals surface area contributed by atoms with Gasteiger partial charge in [-0.2, -0.15) is 0 Å². The van der Waals surface area contributed by atoms with Crippen molar-refractivity contribution >= 4 is 11.9 Å². The molecule has 1 unspecified atom stereocenters. The number of ether oxygens (including phenoxy) is 1. The van der Waals surface area contributed by atoms with Crippen molar-refractivity contribution in [2.24, 2.45) is 0 Å². The molecule has 0 spiro atoms. The van der Waals surface area contributed by atoms with Crippen molar-refractivity contribution in [1.82, 2.24) is 9.47 Å². The number of morpholine rings is 1. The van der Waals surface area contributed by atoms with Gasteiger partial charge in [-0.3, -0.25) is 4.79 Å². The van der Waals surface area contributed by atoms with Crippen LogP contribution in [0.1, 0.15) is 27.3 Å². The second-order valence-corrected chi connectivity index (χ2v) is 6.36. The summed E-state index contributed by atoms with van der Waals surface area (Å²) in [5, 5.41) is 9.12. The number of benzene rings is 1. The van der Waals surface area contributed by atoms with Crippen molar-refractivity contribution in [3.63, 3.8) is 0 Å². The molecule has 3 rings (SSSR count). The van der Waals surface area contributed by atoms with E-state index in [0.29, 0.717) is 12.1 Å². The van der Waals surface area contributed by atoms with E-state index >= 15 is 0 Å². The third-order valence-electron chi connectivity index (χ3n) is 4.65. The van der Waals surface area contributed by atoms with Crippen molar-refractivity contribution in [3.05, 3.63) is 52.8 Å². The first-order chi connectivity index (χ1) is 11.9. The van der Waals surface area contributed by atoms with Crippen LogP contribution in [0.2, 0.25) is 0 Å². The summed E-state index contributed by atoms with van der Waals surface area (Å²) in [6.07, 6.45) is -0.961. The van der Waals surface area contributed by atoms with E-state index in [2.05, 4.69) is 4.57 Å². The van der Waals surface area contributed by atoms with Gasteiger partial charge >= 0.3 is 5.97 Å². The summed E-state index contributed by atoms with van der Waals surface area (Å²) in [7, 11) is 0. The Morgan fingerprint density at radius 3 is 2.60 bits per heavy atom. The zero-order chi connectivity index (χ0) is 18.1. The molecule has 1 atom stereocenters. The lowest BCUT2D eigenvalue weighted by atomic mass is 10.1. The molecule has 0 radical (unpaired) electrons. The predicted molar refractivity (Wildman–Crippen MR) is 93.3 cm³/mol. The fraction of sp³-hybridized carbons (Fsp3) is 0.368. The quantitative estimate of drug-likeness (QED) is 0.929. The molecule has 2 aromatic rings. The van der Waals surface area contributed by atoms with Crippen molar-refractivity contribution in [2.45, 2.75) is 26.9 Å². The van der Waals surface area contributed by atoms with E-state index in [1.54, 1.807) is 4.90 Å². The maximum atomic E-state index is 12.9. The Hall–Kier alpha value is -2.60. The van der Waals surface area contributed by atoms with Gasteiger partial charge in [0.15, 0.2) is 6.10 Å². The molecule has 6 heteroatoms. The molecule has 1 aliphatic rings. The van der Waals surface area contributed by atoms with Crippen LogP contribution in [0.3, 0.4) is 0 Å². The van der Waals surface area contributed by atoms with E-state index in [9.17, 15) is 9.59 Å². The van der Waals surface area contributed by atoms with Gasteiger partial charge in [0.1, 0.15) is 0 Å². The average molecular weight is 342 g/mol. The molecule has 1 fully saturated rings. The Morgan fingerprint density at radius 1 is 1.20 bits per heavy atom. The van der Waals surface area contributed by atoms with Crippen molar-refractivity contribution in [2.75, 3.05) is 19.7 Å². The van der Waals surface area contributed by atoms with E-state index in [0.717, 1.165) is 22.6 Å². The van der Waals surface area contributed by atoms with Crippen molar-refractivity contribution < 1.29 is 19.4 Å². The van der Waals surface area contributed by atoms with Crippen LogP contribution >= 0.6 is 0 Å². The molecule has 0 saturated carbocycles. The molecule has 1 aromatic carbocycles. The number of carbonyl (C=O) groups excluding carboxylic acids is 1. The first kappa shape index (κ1) is 17.2. The fourth-order valence-electron chi connectivity index (χ4n) is 3.32. The Labute approximate surface area is 146 Å². The van der Waals surface area contributed by atoms with E-state index in [-0.39, 0.29) is 19.1 Å². The highest BCUT2D eigenvalue weighted by atomic mass is 16.5. The number of aryl methyl sites for hydroxylation is 2. The number of carboxylic acid groups (broad SMARTS) is 1. The number of rotatable bonds is 3. The van der Waals surface area contributed by atoms with Gasteiger partial charge in [0.05, 0.1) is 18.7 Å². The largest absolute Gasteiger partial charge is 0.479 e. The summed E-state index contributed by atoms with van der Waals surface area (Å²) >= 11 is 0. The SMILES string of the molecule is Cc1ccccc1-n1c(C)cc(C(=O)N2CCOC(C(=O)O)C2)c1C. The summed E-state index contributed by atoms with van der Waals surface area (Å²) < 4.78 is 7.27. The molecular formula is C19H22N2O4. The van der Waals surface area contributed by atoms with E-state index in [1.165, 1.54) is 0 Å². The maximum Gasteiger partial charge on any atom is 0.334 e. The molecule has 1 aromatic heterocycles. The number of aromatic nitrogens is 1. The summed E-state index contributed by atoms with van der Waals surface area (Å²) in [6.45, 7) is 6.63. The van der Waals surface area contributed by atoms with E-state index < -0.39 is 12.1 Å². The molecule has 2 heterocycles. The van der Waals surface area contributed by atoms with Crippen LogP contribution in [0, 0.1) is 20.8 Å². The minimum Gasteiger partial charge on any atom is -0.479 e. The number of aliphatic carboxylic acids is 1. The number of nitrogens with zero attached hydrogens (tertiary/aromatic N) is 2. The molecule has 1 amide bonds. The highest BCUT2D eigenvalue weighted by molar-refractivity contribution is 5.96. The van der Waals surface area contributed by atoms with Crippen molar-refractivity contribution in [1.29, 1.82) is 0 Å². The number of hydrogen-bond acceptors (Lipinski definition) is 3.